The summed E-state index contributed by atoms with van der Waals surface area (Å²) in [7, 11) is -3.44. The van der Waals surface area contributed by atoms with Crippen molar-refractivity contribution in [1.29, 1.82) is 0 Å². The second-order valence-corrected chi connectivity index (χ2v) is 13.3. The molecule has 0 aromatic carbocycles. The zero-order chi connectivity index (χ0) is 27.9. The number of pyridine rings is 1. The molecule has 2 aromatic heterocycles. The molecule has 2 saturated carbocycles. The summed E-state index contributed by atoms with van der Waals surface area (Å²) in [6.45, 7) is -0.886. The van der Waals surface area contributed by atoms with Crippen LogP contribution in [0.25, 0.3) is 11.0 Å². The Balaban J connectivity index is 1.35. The maximum absolute atomic E-state index is 13.2. The number of piperidine rings is 1. The van der Waals surface area contributed by atoms with Crippen LogP contribution in [-0.2, 0) is 10.0 Å². The zero-order valence-corrected chi connectivity index (χ0v) is 22.6. The van der Waals surface area contributed by atoms with Crippen molar-refractivity contribution in [3.8, 4) is 5.75 Å². The Morgan fingerprint density at radius 1 is 1.15 bits per heavy atom. The van der Waals surface area contributed by atoms with Gasteiger partial charge in [-0.25, -0.2) is 17.7 Å². The number of hydrogen-bond donors (Lipinski definition) is 3. The molecule has 3 heterocycles. The quantitative estimate of drug-likeness (QED) is 0.456. The third kappa shape index (κ3) is 5.74. The number of anilines is 1. The molecule has 0 radical (unpaired) electrons. The monoisotopic (exact) mass is 571 g/mol. The van der Waals surface area contributed by atoms with E-state index in [9.17, 15) is 32.2 Å². The first kappa shape index (κ1) is 28.1. The van der Waals surface area contributed by atoms with Crippen molar-refractivity contribution in [2.75, 3.05) is 18.4 Å². The van der Waals surface area contributed by atoms with Crippen LogP contribution in [0.5, 0.6) is 5.75 Å². The Kier molecular flexibility index (Phi) is 7.83. The summed E-state index contributed by atoms with van der Waals surface area (Å²) < 4.78 is 59.4. The minimum atomic E-state index is -3.44. The van der Waals surface area contributed by atoms with Gasteiger partial charge in [-0.1, -0.05) is 0 Å². The fourth-order valence-electron chi connectivity index (χ4n) is 6.16. The minimum Gasteiger partial charge on any atom is -0.429 e. The van der Waals surface area contributed by atoms with Gasteiger partial charge in [-0.3, -0.25) is 9.36 Å². The van der Waals surface area contributed by atoms with E-state index in [-0.39, 0.29) is 17.6 Å². The Bertz CT molecular complexity index is 1350. The lowest BCUT2D eigenvalue weighted by Crippen LogP contribution is -2.47. The lowest BCUT2D eigenvalue weighted by Gasteiger charge is -2.35. The molecule has 0 amide bonds. The first-order chi connectivity index (χ1) is 18.5. The van der Waals surface area contributed by atoms with Gasteiger partial charge in [0, 0.05) is 30.7 Å². The number of aliphatic hydroxyl groups excluding tert-OH is 1. The highest BCUT2D eigenvalue weighted by Crippen LogP contribution is 2.40. The van der Waals surface area contributed by atoms with Crippen LogP contribution >= 0.6 is 0 Å². The van der Waals surface area contributed by atoms with Gasteiger partial charge in [-0.2, -0.15) is 13.8 Å². The van der Waals surface area contributed by atoms with E-state index in [1.165, 1.54) is 21.1 Å². The summed E-state index contributed by atoms with van der Waals surface area (Å²) in [6.07, 6.45) is 5.56. The highest BCUT2D eigenvalue weighted by Gasteiger charge is 2.40. The van der Waals surface area contributed by atoms with E-state index in [1.807, 2.05) is 0 Å². The van der Waals surface area contributed by atoms with Gasteiger partial charge in [0.25, 0.3) is 5.56 Å². The molecule has 216 valence electrons. The molecule has 1 aliphatic heterocycles. The number of nitrogens with zero attached hydrogens (tertiary/aromatic N) is 4. The summed E-state index contributed by atoms with van der Waals surface area (Å²) in [6, 6.07) is 0.394. The molecule has 1 saturated heterocycles. The highest BCUT2D eigenvalue weighted by molar-refractivity contribution is 7.89. The standard InChI is InChI=1S/C25H35F2N5O6S/c1-25(35)10-2-3-20(25)32-21-15(13-19(22(32)34)38-23(26)27)14-28-24(30-21)29-16-8-11-31(12-9-16)39(36,37)18-6-4-17(33)5-7-18/h13-14,16-18,20,23,33,35H,2-12H2,1H3,(H,28,29,30)/t17?,18?,20-,25-/m1/s1. The Morgan fingerprint density at radius 3 is 2.46 bits per heavy atom. The molecular formula is C25H35F2N5O6S. The molecule has 2 atom stereocenters. The van der Waals surface area contributed by atoms with Gasteiger partial charge in [-0.05, 0) is 70.8 Å². The normalized spacial score (nSPS) is 29.2. The number of nitrogens with one attached hydrogen (secondary N) is 1. The molecule has 3 aliphatic rings. The number of aliphatic hydroxyl groups is 2. The van der Waals surface area contributed by atoms with Gasteiger partial charge in [0.05, 0.1) is 23.0 Å². The SMILES string of the molecule is C[C@@]1(O)CCC[C@H]1n1c(=O)c(OC(F)F)cc2cnc(NC3CCN(S(=O)(=O)C4CCC(O)CC4)CC3)nc21. The van der Waals surface area contributed by atoms with Gasteiger partial charge in [0.15, 0.2) is 5.75 Å². The van der Waals surface area contributed by atoms with Crippen LogP contribution in [0.3, 0.4) is 0 Å². The third-order valence-corrected chi connectivity index (χ3v) is 10.8. The zero-order valence-electron chi connectivity index (χ0n) is 21.8. The summed E-state index contributed by atoms with van der Waals surface area (Å²) in [5, 5.41) is 23.7. The number of aromatic nitrogens is 3. The van der Waals surface area contributed by atoms with Crippen LogP contribution in [0.15, 0.2) is 17.1 Å². The van der Waals surface area contributed by atoms with E-state index in [2.05, 4.69) is 20.0 Å². The van der Waals surface area contributed by atoms with Crippen LogP contribution < -0.4 is 15.6 Å². The topological polar surface area (TPSA) is 147 Å². The fraction of sp³-hybridized carbons (Fsp3) is 0.720. The van der Waals surface area contributed by atoms with Crippen LogP contribution in [0.1, 0.15) is 70.8 Å². The molecule has 3 fully saturated rings. The van der Waals surface area contributed by atoms with E-state index < -0.39 is 50.9 Å². The lowest BCUT2D eigenvalue weighted by molar-refractivity contribution is -0.0513. The summed E-state index contributed by atoms with van der Waals surface area (Å²) in [4.78, 5) is 22.1. The van der Waals surface area contributed by atoms with Gasteiger partial charge in [-0.15, -0.1) is 0 Å². The second kappa shape index (κ2) is 10.9. The number of rotatable bonds is 7. The molecular weight excluding hydrogens is 536 g/mol. The van der Waals surface area contributed by atoms with Crippen molar-refractivity contribution in [2.45, 2.75) is 100 Å². The molecule has 2 aliphatic carbocycles. The van der Waals surface area contributed by atoms with Gasteiger partial charge >= 0.3 is 6.61 Å². The second-order valence-electron chi connectivity index (χ2n) is 11.1. The van der Waals surface area contributed by atoms with E-state index in [0.717, 1.165) is 0 Å². The van der Waals surface area contributed by atoms with Crippen molar-refractivity contribution in [1.82, 2.24) is 18.8 Å². The molecule has 0 spiro atoms. The molecule has 5 rings (SSSR count). The summed E-state index contributed by atoms with van der Waals surface area (Å²) >= 11 is 0. The van der Waals surface area contributed by atoms with Crippen molar-refractivity contribution < 1.29 is 32.1 Å². The van der Waals surface area contributed by atoms with E-state index in [4.69, 9.17) is 0 Å². The predicted octanol–water partition coefficient (Wildman–Crippen LogP) is 2.38. The van der Waals surface area contributed by atoms with Crippen molar-refractivity contribution >= 4 is 27.0 Å². The van der Waals surface area contributed by atoms with E-state index in [1.54, 1.807) is 6.92 Å². The maximum atomic E-state index is 13.2. The van der Waals surface area contributed by atoms with Crippen LogP contribution in [-0.4, -0.2) is 80.2 Å². The fourth-order valence-corrected chi connectivity index (χ4v) is 8.17. The molecule has 39 heavy (non-hydrogen) atoms. The van der Waals surface area contributed by atoms with Crippen molar-refractivity contribution in [3.05, 3.63) is 22.6 Å². The molecule has 2 aromatic rings. The maximum Gasteiger partial charge on any atom is 0.387 e. The van der Waals surface area contributed by atoms with Crippen LogP contribution in [0.2, 0.25) is 0 Å². The number of ether oxygens (including phenoxy) is 1. The number of hydrogen-bond acceptors (Lipinski definition) is 9. The molecule has 11 nitrogen and oxygen atoms in total. The molecule has 3 N–H and O–H groups in total. The molecule has 0 bridgehead atoms. The average Bonchev–Trinajstić information content (AvgIpc) is 3.23. The summed E-state index contributed by atoms with van der Waals surface area (Å²) in [5.74, 6) is -0.316. The Morgan fingerprint density at radius 2 is 1.85 bits per heavy atom. The predicted molar refractivity (Wildman–Crippen MR) is 139 cm³/mol. The first-order valence-corrected chi connectivity index (χ1v) is 15.0. The first-order valence-electron chi connectivity index (χ1n) is 13.5. The Labute approximate surface area is 225 Å². The highest BCUT2D eigenvalue weighted by atomic mass is 32.2. The molecule has 0 unspecified atom stereocenters. The van der Waals surface area contributed by atoms with Gasteiger partial charge in [0.1, 0.15) is 5.65 Å². The smallest absolute Gasteiger partial charge is 0.387 e. The average molecular weight is 572 g/mol. The third-order valence-electron chi connectivity index (χ3n) is 8.36. The Hall–Kier alpha value is -2.42. The number of halogens is 2. The number of sulfonamides is 1. The van der Waals surface area contributed by atoms with E-state index >= 15 is 0 Å². The van der Waals surface area contributed by atoms with E-state index in [0.29, 0.717) is 76.3 Å². The number of alkyl halides is 2. The van der Waals surface area contributed by atoms with Crippen LogP contribution in [0, 0.1) is 0 Å². The van der Waals surface area contributed by atoms with Gasteiger partial charge < -0.3 is 20.3 Å². The molecule has 14 heteroatoms. The van der Waals surface area contributed by atoms with Crippen molar-refractivity contribution in [3.63, 3.8) is 0 Å². The lowest BCUT2D eigenvalue weighted by atomic mass is 9.97. The van der Waals surface area contributed by atoms with Crippen LogP contribution in [0.4, 0.5) is 14.7 Å². The minimum absolute atomic E-state index is 0.113. The number of fused-ring (bicyclic) bond motifs is 1. The summed E-state index contributed by atoms with van der Waals surface area (Å²) in [5.41, 5.74) is -1.83. The largest absolute Gasteiger partial charge is 0.429 e. The van der Waals surface area contributed by atoms with Crippen molar-refractivity contribution in [2.24, 2.45) is 0 Å². The van der Waals surface area contributed by atoms with Gasteiger partial charge in [0.2, 0.25) is 16.0 Å².